The third-order valence-electron chi connectivity index (χ3n) is 5.24. The van der Waals surface area contributed by atoms with E-state index in [-0.39, 0.29) is 29.3 Å². The van der Waals surface area contributed by atoms with Gasteiger partial charge in [0.05, 0.1) is 11.7 Å². The number of aryl methyl sites for hydroxylation is 1. The molecule has 1 aliphatic rings. The Morgan fingerprint density at radius 3 is 2.74 bits per heavy atom. The van der Waals surface area contributed by atoms with Crippen LogP contribution in [0.1, 0.15) is 29.7 Å². The highest BCUT2D eigenvalue weighted by Gasteiger charge is 2.32. The van der Waals surface area contributed by atoms with E-state index in [1.54, 1.807) is 25.4 Å². The van der Waals surface area contributed by atoms with Crippen LogP contribution in [0.5, 0.6) is 0 Å². The maximum atomic E-state index is 13.3. The SMILES string of the molecule is Cc1sc2ncn(CC(=O)NCc3cccnc3)c(=O)c2c1S(=O)(=O)N1CCCCC1. The highest BCUT2D eigenvalue weighted by Crippen LogP contribution is 2.33. The van der Waals surface area contributed by atoms with Crippen LogP contribution in [0, 0.1) is 6.92 Å². The van der Waals surface area contributed by atoms with E-state index in [0.717, 1.165) is 29.4 Å². The van der Waals surface area contributed by atoms with Crippen molar-refractivity contribution >= 4 is 37.5 Å². The quantitative estimate of drug-likeness (QED) is 0.597. The van der Waals surface area contributed by atoms with Gasteiger partial charge in [0.25, 0.3) is 5.56 Å². The topological polar surface area (TPSA) is 114 Å². The summed E-state index contributed by atoms with van der Waals surface area (Å²) in [7, 11) is -3.81. The molecular weight excluding hydrogens is 438 g/mol. The van der Waals surface area contributed by atoms with Crippen molar-refractivity contribution in [2.75, 3.05) is 13.1 Å². The Balaban J connectivity index is 1.63. The van der Waals surface area contributed by atoms with E-state index in [1.165, 1.54) is 22.0 Å². The number of rotatable bonds is 6. The Kier molecular flexibility index (Phi) is 6.17. The Morgan fingerprint density at radius 1 is 1.26 bits per heavy atom. The van der Waals surface area contributed by atoms with Gasteiger partial charge in [0.15, 0.2) is 0 Å². The lowest BCUT2D eigenvalue weighted by atomic mass is 10.2. The molecule has 1 saturated heterocycles. The second-order valence-electron chi connectivity index (χ2n) is 7.45. The van der Waals surface area contributed by atoms with E-state index in [0.29, 0.717) is 22.8 Å². The molecule has 4 heterocycles. The van der Waals surface area contributed by atoms with E-state index in [4.69, 9.17) is 0 Å². The molecule has 0 radical (unpaired) electrons. The minimum Gasteiger partial charge on any atom is -0.350 e. The zero-order valence-corrected chi connectivity index (χ0v) is 18.7. The van der Waals surface area contributed by atoms with E-state index in [2.05, 4.69) is 15.3 Å². The third-order valence-corrected chi connectivity index (χ3v) is 8.45. The number of pyridine rings is 1. The number of fused-ring (bicyclic) bond motifs is 1. The van der Waals surface area contributed by atoms with E-state index < -0.39 is 15.6 Å². The van der Waals surface area contributed by atoms with Crippen LogP contribution >= 0.6 is 11.3 Å². The molecule has 0 aliphatic carbocycles. The smallest absolute Gasteiger partial charge is 0.263 e. The predicted molar refractivity (Wildman–Crippen MR) is 117 cm³/mol. The van der Waals surface area contributed by atoms with Crippen molar-refractivity contribution in [3.8, 4) is 0 Å². The molecule has 1 N–H and O–H groups in total. The normalized spacial score (nSPS) is 15.3. The highest BCUT2D eigenvalue weighted by atomic mass is 32.2. The van der Waals surface area contributed by atoms with Crippen LogP contribution in [0.4, 0.5) is 0 Å². The molecule has 1 amide bonds. The largest absolute Gasteiger partial charge is 0.350 e. The van der Waals surface area contributed by atoms with Crippen LogP contribution < -0.4 is 10.9 Å². The van der Waals surface area contributed by atoms with Gasteiger partial charge in [0.2, 0.25) is 15.9 Å². The lowest BCUT2D eigenvalue weighted by Crippen LogP contribution is -2.36. The fourth-order valence-corrected chi connectivity index (χ4v) is 6.87. The molecule has 1 aliphatic heterocycles. The van der Waals surface area contributed by atoms with Gasteiger partial charge in [-0.2, -0.15) is 4.31 Å². The Morgan fingerprint density at radius 2 is 2.03 bits per heavy atom. The monoisotopic (exact) mass is 461 g/mol. The Labute approximate surface area is 183 Å². The van der Waals surface area contributed by atoms with Crippen molar-refractivity contribution in [2.45, 2.75) is 44.2 Å². The zero-order chi connectivity index (χ0) is 22.0. The van der Waals surface area contributed by atoms with Crippen LogP contribution in [-0.2, 0) is 27.9 Å². The maximum Gasteiger partial charge on any atom is 0.263 e. The number of hydrogen-bond acceptors (Lipinski definition) is 7. The van der Waals surface area contributed by atoms with Gasteiger partial charge in [0.1, 0.15) is 16.3 Å². The fourth-order valence-electron chi connectivity index (χ4n) is 3.68. The number of carbonyl (C=O) groups excluding carboxylic acids is 1. The highest BCUT2D eigenvalue weighted by molar-refractivity contribution is 7.89. The number of piperidine rings is 1. The number of nitrogens with zero attached hydrogens (tertiary/aromatic N) is 4. The number of carbonyl (C=O) groups is 1. The molecule has 164 valence electrons. The lowest BCUT2D eigenvalue weighted by molar-refractivity contribution is -0.121. The summed E-state index contributed by atoms with van der Waals surface area (Å²) in [5.41, 5.74) is 0.307. The second-order valence-corrected chi connectivity index (χ2v) is 10.5. The predicted octanol–water partition coefficient (Wildman–Crippen LogP) is 1.65. The molecule has 0 atom stereocenters. The summed E-state index contributed by atoms with van der Waals surface area (Å²) < 4.78 is 29.2. The van der Waals surface area contributed by atoms with Crippen LogP contribution in [-0.4, -0.2) is 46.3 Å². The molecule has 9 nitrogen and oxygen atoms in total. The number of hydrogen-bond donors (Lipinski definition) is 1. The van der Waals surface area contributed by atoms with E-state index in [1.807, 2.05) is 6.07 Å². The molecule has 0 spiro atoms. The van der Waals surface area contributed by atoms with Gasteiger partial charge in [-0.15, -0.1) is 11.3 Å². The molecule has 0 aromatic carbocycles. The molecule has 0 saturated carbocycles. The minimum atomic E-state index is -3.81. The molecule has 0 unspecified atom stereocenters. The lowest BCUT2D eigenvalue weighted by Gasteiger charge is -2.25. The van der Waals surface area contributed by atoms with Gasteiger partial charge in [-0.1, -0.05) is 12.5 Å². The zero-order valence-electron chi connectivity index (χ0n) is 17.1. The van der Waals surface area contributed by atoms with Crippen LogP contribution in [0.25, 0.3) is 10.2 Å². The molecule has 11 heteroatoms. The molecule has 3 aromatic heterocycles. The van der Waals surface area contributed by atoms with Crippen molar-refractivity contribution in [3.05, 3.63) is 51.6 Å². The molecule has 3 aromatic rings. The van der Waals surface area contributed by atoms with Crippen LogP contribution in [0.3, 0.4) is 0 Å². The summed E-state index contributed by atoms with van der Waals surface area (Å²) >= 11 is 1.18. The number of thiophene rings is 1. The van der Waals surface area contributed by atoms with Crippen LogP contribution in [0.2, 0.25) is 0 Å². The minimum absolute atomic E-state index is 0.0250. The number of nitrogens with one attached hydrogen (secondary N) is 1. The van der Waals surface area contributed by atoms with Crippen molar-refractivity contribution in [2.24, 2.45) is 0 Å². The molecule has 31 heavy (non-hydrogen) atoms. The Hall–Kier alpha value is -2.63. The van der Waals surface area contributed by atoms with Gasteiger partial charge in [-0.05, 0) is 31.4 Å². The van der Waals surface area contributed by atoms with E-state index >= 15 is 0 Å². The van der Waals surface area contributed by atoms with Crippen molar-refractivity contribution in [1.82, 2.24) is 24.2 Å². The van der Waals surface area contributed by atoms with Crippen molar-refractivity contribution < 1.29 is 13.2 Å². The van der Waals surface area contributed by atoms with Crippen molar-refractivity contribution in [3.63, 3.8) is 0 Å². The van der Waals surface area contributed by atoms with Gasteiger partial charge < -0.3 is 5.32 Å². The molecule has 0 bridgehead atoms. The first-order valence-corrected chi connectivity index (χ1v) is 12.3. The van der Waals surface area contributed by atoms with Gasteiger partial charge >= 0.3 is 0 Å². The molecule has 4 rings (SSSR count). The number of sulfonamides is 1. The van der Waals surface area contributed by atoms with E-state index in [9.17, 15) is 18.0 Å². The Bertz CT molecular complexity index is 1260. The summed E-state index contributed by atoms with van der Waals surface area (Å²) in [5.74, 6) is -0.375. The summed E-state index contributed by atoms with van der Waals surface area (Å²) in [6, 6.07) is 3.60. The summed E-state index contributed by atoms with van der Waals surface area (Å²) in [5, 5.41) is 2.80. The van der Waals surface area contributed by atoms with Gasteiger partial charge in [0, 0.05) is 36.9 Å². The summed E-state index contributed by atoms with van der Waals surface area (Å²) in [4.78, 5) is 34.7. The maximum absolute atomic E-state index is 13.3. The molecular formula is C20H23N5O4S2. The van der Waals surface area contributed by atoms with Crippen molar-refractivity contribution in [1.29, 1.82) is 0 Å². The van der Waals surface area contributed by atoms with Gasteiger partial charge in [-0.3, -0.25) is 19.1 Å². The number of amides is 1. The summed E-state index contributed by atoms with van der Waals surface area (Å²) in [6.07, 6.45) is 7.19. The average molecular weight is 462 g/mol. The second kappa shape index (κ2) is 8.85. The molecule has 1 fully saturated rings. The third kappa shape index (κ3) is 4.39. The first-order valence-electron chi connectivity index (χ1n) is 10.0. The fraction of sp³-hybridized carbons (Fsp3) is 0.400. The average Bonchev–Trinajstić information content (AvgIpc) is 3.13. The van der Waals surface area contributed by atoms with Crippen LogP contribution in [0.15, 0.2) is 40.5 Å². The summed E-state index contributed by atoms with van der Waals surface area (Å²) in [6.45, 7) is 2.62. The number of aromatic nitrogens is 3. The first-order chi connectivity index (χ1) is 14.9. The van der Waals surface area contributed by atoms with Gasteiger partial charge in [-0.25, -0.2) is 13.4 Å². The first kappa shape index (κ1) is 21.6. The standard InChI is InChI=1S/C20H23N5O4S2/c1-14-18(31(28,29)25-8-3-2-4-9-25)17-19(30-14)23-13-24(20(17)27)12-16(26)22-11-15-6-5-7-21-10-15/h5-7,10,13H,2-4,8-9,11-12H2,1H3,(H,22,26).